The molecule has 1 aromatic heterocycles. The molecule has 0 fully saturated rings. The third kappa shape index (κ3) is 5.95. The number of carboxylic acids is 1. The smallest absolute Gasteiger partial charge is 0.309 e. The molecule has 0 radical (unpaired) electrons. The number of ether oxygens (including phenoxy) is 2. The predicted molar refractivity (Wildman–Crippen MR) is 139 cm³/mol. The van der Waals surface area contributed by atoms with Crippen LogP contribution in [0.2, 0.25) is 0 Å². The molecule has 0 spiro atoms. The number of fused-ring (bicyclic) bond motifs is 1. The lowest BCUT2D eigenvalue weighted by atomic mass is 9.93. The fourth-order valence-corrected chi connectivity index (χ4v) is 4.29. The van der Waals surface area contributed by atoms with Gasteiger partial charge in [0.2, 0.25) is 0 Å². The summed E-state index contributed by atoms with van der Waals surface area (Å²) in [4.78, 5) is 24.7. The van der Waals surface area contributed by atoms with Gasteiger partial charge in [0.1, 0.15) is 17.0 Å². The minimum absolute atomic E-state index is 0.0174. The molecule has 192 valence electrons. The molecule has 2 N–H and O–H groups in total. The number of aliphatic hydroxyl groups excluding tert-OH is 1. The minimum atomic E-state index is -1.12. The highest BCUT2D eigenvalue weighted by atomic mass is 16.5. The molecule has 0 aliphatic heterocycles. The van der Waals surface area contributed by atoms with E-state index in [0.717, 1.165) is 27.1 Å². The van der Waals surface area contributed by atoms with E-state index in [2.05, 4.69) is 10.3 Å². The Kier molecular flexibility index (Phi) is 8.15. The highest BCUT2D eigenvalue weighted by molar-refractivity contribution is 5.83. The summed E-state index contributed by atoms with van der Waals surface area (Å²) in [5.41, 5.74) is 3.06. The summed E-state index contributed by atoms with van der Waals surface area (Å²) in [5.74, 6) is -0.940. The maximum Gasteiger partial charge on any atom is 0.309 e. The molecule has 2 atom stereocenters. The molecule has 9 heteroatoms. The van der Waals surface area contributed by atoms with Gasteiger partial charge in [0, 0.05) is 6.54 Å². The van der Waals surface area contributed by atoms with Gasteiger partial charge in [-0.2, -0.15) is 0 Å². The van der Waals surface area contributed by atoms with Crippen LogP contribution >= 0.6 is 0 Å². The Hall–Kier alpha value is -4.24. The number of carboxylic acid groups (broad SMARTS) is 1. The number of rotatable bonds is 11. The molecular formula is C28H29N3O6. The molecule has 37 heavy (non-hydrogen) atoms. The molecule has 0 amide bonds. The Morgan fingerprint density at radius 3 is 2.24 bits per heavy atom. The zero-order chi connectivity index (χ0) is 26.4. The molecule has 4 aromatic rings. The number of aromatic nitrogens is 3. The van der Waals surface area contributed by atoms with E-state index in [9.17, 15) is 19.8 Å². The largest absolute Gasteiger partial charge is 0.497 e. The van der Waals surface area contributed by atoms with Crippen LogP contribution in [0.25, 0.3) is 22.0 Å². The molecule has 0 saturated carbocycles. The second-order valence-corrected chi connectivity index (χ2v) is 8.74. The van der Waals surface area contributed by atoms with Crippen LogP contribution in [-0.2, 0) is 17.8 Å². The molecule has 9 nitrogen and oxygen atoms in total. The van der Waals surface area contributed by atoms with Crippen LogP contribution in [0.15, 0.2) is 71.5 Å². The number of hydrogen-bond donors (Lipinski definition) is 2. The number of aliphatic hydroxyl groups is 1. The second-order valence-electron chi connectivity index (χ2n) is 8.74. The fraction of sp³-hybridized carbons (Fsp3) is 0.286. The number of nitrogens with zero attached hydrogens (tertiary/aromatic N) is 3. The monoisotopic (exact) mass is 503 g/mol. The van der Waals surface area contributed by atoms with Crippen LogP contribution < -0.4 is 15.0 Å². The van der Waals surface area contributed by atoms with Crippen molar-refractivity contribution in [1.82, 2.24) is 15.0 Å². The molecule has 0 saturated heterocycles. The number of hydrogen-bond acceptors (Lipinski definition) is 7. The number of methoxy groups -OCH3 is 2. The molecule has 0 aliphatic rings. The fourth-order valence-electron chi connectivity index (χ4n) is 4.29. The van der Waals surface area contributed by atoms with Gasteiger partial charge in [-0.25, -0.2) is 4.68 Å². The van der Waals surface area contributed by atoms with Crippen molar-refractivity contribution in [2.75, 3.05) is 14.2 Å². The van der Waals surface area contributed by atoms with Crippen molar-refractivity contribution in [3.8, 4) is 22.6 Å². The van der Waals surface area contributed by atoms with E-state index in [1.165, 1.54) is 7.11 Å². The van der Waals surface area contributed by atoms with E-state index in [1.807, 2.05) is 48.5 Å². The molecule has 1 heterocycles. The third-order valence-corrected chi connectivity index (χ3v) is 6.48. The maximum atomic E-state index is 12.8. The predicted octanol–water partition coefficient (Wildman–Crippen LogP) is 3.56. The van der Waals surface area contributed by atoms with Crippen molar-refractivity contribution in [2.24, 2.45) is 5.92 Å². The standard InChI is InChI=1S/C28H29N3O6/c1-36-21-13-11-20(12-14-21)19-9-6-18(7-10-19)8-15-24(32)22(28(34)35)16-17-31-27(33)23-4-3-5-25(37-2)26(23)29-30-31/h3-7,9-14,22,24,32H,8,15-17H2,1-2H3,(H,34,35)/t22-,24+/m0/s1. The summed E-state index contributed by atoms with van der Waals surface area (Å²) < 4.78 is 11.5. The van der Waals surface area contributed by atoms with Crippen LogP contribution in [0.4, 0.5) is 0 Å². The van der Waals surface area contributed by atoms with Crippen molar-refractivity contribution in [1.29, 1.82) is 0 Å². The number of carbonyl (C=O) groups is 1. The third-order valence-electron chi connectivity index (χ3n) is 6.48. The zero-order valence-electron chi connectivity index (χ0n) is 20.7. The first-order valence-electron chi connectivity index (χ1n) is 12.0. The lowest BCUT2D eigenvalue weighted by Crippen LogP contribution is -2.32. The Bertz CT molecular complexity index is 1420. The van der Waals surface area contributed by atoms with E-state index in [1.54, 1.807) is 25.3 Å². The van der Waals surface area contributed by atoms with Crippen LogP contribution in [0, 0.1) is 5.92 Å². The Labute approximate surface area is 213 Å². The molecule has 3 aromatic carbocycles. The topological polar surface area (TPSA) is 124 Å². The van der Waals surface area contributed by atoms with E-state index >= 15 is 0 Å². The van der Waals surface area contributed by atoms with Gasteiger partial charge in [-0.15, -0.1) is 5.10 Å². The summed E-state index contributed by atoms with van der Waals surface area (Å²) in [7, 11) is 3.11. The molecule has 4 rings (SSSR count). The van der Waals surface area contributed by atoms with Crippen LogP contribution in [0.1, 0.15) is 18.4 Å². The van der Waals surface area contributed by atoms with E-state index in [4.69, 9.17) is 9.47 Å². The Morgan fingerprint density at radius 2 is 1.62 bits per heavy atom. The van der Waals surface area contributed by atoms with Crippen LogP contribution in [0.5, 0.6) is 11.5 Å². The number of benzene rings is 3. The van der Waals surface area contributed by atoms with Crippen molar-refractivity contribution < 1.29 is 24.5 Å². The summed E-state index contributed by atoms with van der Waals surface area (Å²) >= 11 is 0. The summed E-state index contributed by atoms with van der Waals surface area (Å²) in [6.45, 7) is 0.0174. The highest BCUT2D eigenvalue weighted by Crippen LogP contribution is 2.24. The van der Waals surface area contributed by atoms with Crippen molar-refractivity contribution in [3.63, 3.8) is 0 Å². The van der Waals surface area contributed by atoms with Crippen molar-refractivity contribution in [3.05, 3.63) is 82.6 Å². The SMILES string of the molecule is COc1ccc(-c2ccc(CC[C@@H](O)[C@H](CCn3nnc4c(OC)cccc4c3=O)C(=O)O)cc2)cc1. The van der Waals surface area contributed by atoms with Gasteiger partial charge in [0.25, 0.3) is 5.56 Å². The molecular weight excluding hydrogens is 474 g/mol. The average Bonchev–Trinajstić information content (AvgIpc) is 2.93. The Balaban J connectivity index is 1.38. The first-order chi connectivity index (χ1) is 17.9. The lowest BCUT2D eigenvalue weighted by molar-refractivity contribution is -0.146. The van der Waals surface area contributed by atoms with E-state index in [0.29, 0.717) is 23.1 Å². The van der Waals surface area contributed by atoms with Gasteiger partial charge in [-0.3, -0.25) is 9.59 Å². The molecule has 0 unspecified atom stereocenters. The van der Waals surface area contributed by atoms with E-state index < -0.39 is 18.0 Å². The van der Waals surface area contributed by atoms with Gasteiger partial charge >= 0.3 is 5.97 Å². The summed E-state index contributed by atoms with van der Waals surface area (Å²) in [5, 5.41) is 28.7. The lowest BCUT2D eigenvalue weighted by Gasteiger charge is -2.19. The second kappa shape index (κ2) is 11.7. The minimum Gasteiger partial charge on any atom is -0.497 e. The molecule has 0 bridgehead atoms. The van der Waals surface area contributed by atoms with Gasteiger partial charge in [0.05, 0.1) is 31.6 Å². The van der Waals surface area contributed by atoms with E-state index in [-0.39, 0.29) is 24.9 Å². The van der Waals surface area contributed by atoms with Gasteiger partial charge in [-0.1, -0.05) is 47.7 Å². The first-order valence-corrected chi connectivity index (χ1v) is 12.0. The average molecular weight is 504 g/mol. The van der Waals surface area contributed by atoms with Crippen molar-refractivity contribution >= 4 is 16.9 Å². The van der Waals surface area contributed by atoms with Gasteiger partial charge in [-0.05, 0) is 60.2 Å². The highest BCUT2D eigenvalue weighted by Gasteiger charge is 2.26. The number of aliphatic carboxylic acids is 1. The summed E-state index contributed by atoms with van der Waals surface area (Å²) in [6, 6.07) is 20.7. The first kappa shape index (κ1) is 25.8. The van der Waals surface area contributed by atoms with Crippen molar-refractivity contribution in [2.45, 2.75) is 31.9 Å². The van der Waals surface area contributed by atoms with Crippen LogP contribution in [-0.4, -0.2) is 51.5 Å². The maximum absolute atomic E-state index is 12.8. The Morgan fingerprint density at radius 1 is 0.946 bits per heavy atom. The number of aryl methyl sites for hydroxylation is 2. The summed E-state index contributed by atoms with van der Waals surface area (Å²) in [6.07, 6.45) is -0.253. The van der Waals surface area contributed by atoms with Gasteiger partial charge in [0.15, 0.2) is 0 Å². The van der Waals surface area contributed by atoms with Gasteiger partial charge < -0.3 is 19.7 Å². The quantitative estimate of drug-likeness (QED) is 0.318. The molecule has 0 aliphatic carbocycles. The normalized spacial score (nSPS) is 12.7. The zero-order valence-corrected chi connectivity index (χ0v) is 20.7. The van der Waals surface area contributed by atoms with Crippen LogP contribution in [0.3, 0.4) is 0 Å².